The molecule has 2 aliphatic rings. The zero-order valence-corrected chi connectivity index (χ0v) is 12.6. The van der Waals surface area contributed by atoms with Gasteiger partial charge in [-0.25, -0.2) is 0 Å². The van der Waals surface area contributed by atoms with Crippen molar-refractivity contribution in [2.45, 2.75) is 26.7 Å². The van der Waals surface area contributed by atoms with Crippen molar-refractivity contribution in [1.29, 1.82) is 0 Å². The molecule has 1 unspecified atom stereocenters. The summed E-state index contributed by atoms with van der Waals surface area (Å²) >= 11 is 0. The summed E-state index contributed by atoms with van der Waals surface area (Å²) in [4.78, 5) is 2.47. The van der Waals surface area contributed by atoms with Crippen molar-refractivity contribution in [2.75, 3.05) is 19.6 Å². The zero-order chi connectivity index (χ0) is 14.1. The molecule has 0 spiro atoms. The Morgan fingerprint density at radius 3 is 2.80 bits per heavy atom. The Bertz CT molecular complexity index is 539. The van der Waals surface area contributed by atoms with Crippen LogP contribution in [0.25, 0.3) is 0 Å². The van der Waals surface area contributed by atoms with Gasteiger partial charge in [-0.3, -0.25) is 0 Å². The molecule has 1 atom stereocenters. The number of hydrogen-bond donors (Lipinski definition) is 1. The third kappa shape index (κ3) is 2.40. The van der Waals surface area contributed by atoms with E-state index in [-0.39, 0.29) is 0 Å². The van der Waals surface area contributed by atoms with Crippen molar-refractivity contribution in [3.8, 4) is 0 Å². The molecule has 0 saturated carbocycles. The van der Waals surface area contributed by atoms with Gasteiger partial charge in [0, 0.05) is 43.4 Å². The summed E-state index contributed by atoms with van der Waals surface area (Å²) in [5.41, 5.74) is 7.12. The van der Waals surface area contributed by atoms with E-state index in [0.29, 0.717) is 5.92 Å². The highest BCUT2D eigenvalue weighted by molar-refractivity contribution is 5.36. The highest BCUT2D eigenvalue weighted by Crippen LogP contribution is 2.38. The topological polar surface area (TPSA) is 15.3 Å². The summed E-state index contributed by atoms with van der Waals surface area (Å²) < 4.78 is 0. The third-order valence-electron chi connectivity index (χ3n) is 4.66. The first-order valence-corrected chi connectivity index (χ1v) is 7.61. The summed E-state index contributed by atoms with van der Waals surface area (Å²) in [6.45, 7) is 11.9. The number of rotatable bonds is 3. The lowest BCUT2D eigenvalue weighted by atomic mass is 9.98. The van der Waals surface area contributed by atoms with Crippen LogP contribution in [0.4, 0.5) is 0 Å². The minimum atomic E-state index is 0.510. The molecule has 2 aliphatic heterocycles. The molecule has 2 nitrogen and oxygen atoms in total. The first kappa shape index (κ1) is 13.4. The van der Waals surface area contributed by atoms with E-state index in [1.807, 2.05) is 0 Å². The van der Waals surface area contributed by atoms with Gasteiger partial charge in [-0.05, 0) is 24.5 Å². The molecule has 2 heteroatoms. The highest BCUT2D eigenvalue weighted by atomic mass is 15.2. The van der Waals surface area contributed by atoms with E-state index in [0.717, 1.165) is 32.5 Å². The molecule has 0 amide bonds. The second-order valence-electron chi connectivity index (χ2n) is 6.00. The van der Waals surface area contributed by atoms with E-state index >= 15 is 0 Å². The molecule has 3 rings (SSSR count). The zero-order valence-electron chi connectivity index (χ0n) is 12.6. The molecule has 1 aromatic carbocycles. The molecule has 0 saturated heterocycles. The number of allylic oxidation sites excluding steroid dienone is 1. The molecule has 1 N–H and O–H groups in total. The van der Waals surface area contributed by atoms with Crippen molar-refractivity contribution in [3.05, 3.63) is 58.9 Å². The van der Waals surface area contributed by atoms with Crippen LogP contribution in [0.5, 0.6) is 0 Å². The van der Waals surface area contributed by atoms with E-state index in [1.54, 1.807) is 5.57 Å². The number of aryl methyl sites for hydroxylation is 1. The van der Waals surface area contributed by atoms with Crippen LogP contribution in [0.2, 0.25) is 0 Å². The lowest BCUT2D eigenvalue weighted by Crippen LogP contribution is -2.28. The molecule has 0 fully saturated rings. The van der Waals surface area contributed by atoms with Gasteiger partial charge in [-0.1, -0.05) is 43.3 Å². The Hall–Kier alpha value is -1.54. The first-order chi connectivity index (χ1) is 9.66. The van der Waals surface area contributed by atoms with Crippen molar-refractivity contribution in [3.63, 3.8) is 0 Å². The standard InChI is InChI=1S/C18H24N2/c1-13-4-6-16(7-5-13)9-11-20-15(3)14(2)17-12-19-10-8-18(17)20/h4-7,14,19H,3,8-12H2,1-2H3. The summed E-state index contributed by atoms with van der Waals surface area (Å²) in [7, 11) is 0. The maximum atomic E-state index is 4.32. The fourth-order valence-electron chi connectivity index (χ4n) is 3.29. The molecular weight excluding hydrogens is 244 g/mol. The minimum absolute atomic E-state index is 0.510. The predicted molar refractivity (Wildman–Crippen MR) is 84.4 cm³/mol. The highest BCUT2D eigenvalue weighted by Gasteiger charge is 2.32. The van der Waals surface area contributed by atoms with Crippen LogP contribution in [-0.2, 0) is 6.42 Å². The van der Waals surface area contributed by atoms with Gasteiger partial charge in [0.1, 0.15) is 0 Å². The molecular formula is C18H24N2. The Labute approximate surface area is 122 Å². The largest absolute Gasteiger partial charge is 0.348 e. The fourth-order valence-corrected chi connectivity index (χ4v) is 3.29. The van der Waals surface area contributed by atoms with E-state index in [1.165, 1.54) is 22.5 Å². The van der Waals surface area contributed by atoms with Crippen molar-refractivity contribution in [1.82, 2.24) is 10.2 Å². The Balaban J connectivity index is 1.72. The monoisotopic (exact) mass is 268 g/mol. The normalized spacial score (nSPS) is 22.4. The molecule has 106 valence electrons. The maximum Gasteiger partial charge on any atom is 0.0265 e. The Morgan fingerprint density at radius 1 is 1.30 bits per heavy atom. The lowest BCUT2D eigenvalue weighted by molar-refractivity contribution is 0.414. The molecule has 0 radical (unpaired) electrons. The van der Waals surface area contributed by atoms with E-state index in [9.17, 15) is 0 Å². The molecule has 1 aromatic rings. The van der Waals surface area contributed by atoms with Crippen molar-refractivity contribution < 1.29 is 0 Å². The molecule has 2 heterocycles. The average Bonchev–Trinajstić information content (AvgIpc) is 2.71. The molecule has 20 heavy (non-hydrogen) atoms. The number of nitrogens with one attached hydrogen (secondary N) is 1. The summed E-state index contributed by atoms with van der Waals surface area (Å²) in [6, 6.07) is 8.89. The summed E-state index contributed by atoms with van der Waals surface area (Å²) in [5, 5.41) is 3.48. The van der Waals surface area contributed by atoms with Crippen LogP contribution in [0.3, 0.4) is 0 Å². The average molecular weight is 268 g/mol. The van der Waals surface area contributed by atoms with E-state index in [2.05, 4.69) is 54.9 Å². The first-order valence-electron chi connectivity index (χ1n) is 7.61. The predicted octanol–water partition coefficient (Wildman–Crippen LogP) is 3.25. The minimum Gasteiger partial charge on any atom is -0.348 e. The second kappa shape index (κ2) is 5.45. The van der Waals surface area contributed by atoms with Gasteiger partial charge in [-0.15, -0.1) is 0 Å². The van der Waals surface area contributed by atoms with Gasteiger partial charge >= 0.3 is 0 Å². The van der Waals surface area contributed by atoms with Crippen LogP contribution >= 0.6 is 0 Å². The van der Waals surface area contributed by atoms with Gasteiger partial charge in [0.15, 0.2) is 0 Å². The Morgan fingerprint density at radius 2 is 2.05 bits per heavy atom. The fraction of sp³-hybridized carbons (Fsp3) is 0.444. The van der Waals surface area contributed by atoms with Crippen LogP contribution in [-0.4, -0.2) is 24.5 Å². The van der Waals surface area contributed by atoms with Crippen LogP contribution in [0.1, 0.15) is 24.5 Å². The van der Waals surface area contributed by atoms with Gasteiger partial charge in [0.05, 0.1) is 0 Å². The van der Waals surface area contributed by atoms with Crippen LogP contribution in [0.15, 0.2) is 47.8 Å². The van der Waals surface area contributed by atoms with Crippen LogP contribution < -0.4 is 5.32 Å². The Kier molecular flexibility index (Phi) is 3.66. The molecule has 0 aliphatic carbocycles. The summed E-state index contributed by atoms with van der Waals surface area (Å²) in [5.74, 6) is 0.510. The van der Waals surface area contributed by atoms with E-state index in [4.69, 9.17) is 0 Å². The number of hydrogen-bond acceptors (Lipinski definition) is 2. The smallest absolute Gasteiger partial charge is 0.0265 e. The number of nitrogens with zero attached hydrogens (tertiary/aromatic N) is 1. The van der Waals surface area contributed by atoms with Crippen LogP contribution in [0, 0.1) is 12.8 Å². The SMILES string of the molecule is C=C1C(C)C2=C(CCNC2)N1CCc1ccc(C)cc1. The van der Waals surface area contributed by atoms with Crippen molar-refractivity contribution >= 4 is 0 Å². The molecule has 0 bridgehead atoms. The van der Waals surface area contributed by atoms with Crippen molar-refractivity contribution in [2.24, 2.45) is 5.92 Å². The van der Waals surface area contributed by atoms with Gasteiger partial charge in [-0.2, -0.15) is 0 Å². The quantitative estimate of drug-likeness (QED) is 0.905. The number of benzene rings is 1. The maximum absolute atomic E-state index is 4.32. The van der Waals surface area contributed by atoms with Gasteiger partial charge in [0.2, 0.25) is 0 Å². The third-order valence-corrected chi connectivity index (χ3v) is 4.66. The van der Waals surface area contributed by atoms with E-state index < -0.39 is 0 Å². The second-order valence-corrected chi connectivity index (χ2v) is 6.00. The van der Waals surface area contributed by atoms with Gasteiger partial charge in [0.25, 0.3) is 0 Å². The lowest BCUT2D eigenvalue weighted by Gasteiger charge is -2.26. The molecule has 0 aromatic heterocycles. The summed E-state index contributed by atoms with van der Waals surface area (Å²) in [6.07, 6.45) is 2.24. The van der Waals surface area contributed by atoms with Gasteiger partial charge < -0.3 is 10.2 Å².